The lowest BCUT2D eigenvalue weighted by molar-refractivity contribution is -0.158. The van der Waals surface area contributed by atoms with Crippen molar-refractivity contribution in [3.05, 3.63) is 0 Å². The third kappa shape index (κ3) is 4.26. The minimum atomic E-state index is -1.66. The van der Waals surface area contributed by atoms with Crippen molar-refractivity contribution in [3.63, 3.8) is 0 Å². The highest BCUT2D eigenvalue weighted by molar-refractivity contribution is 6.69. The molecule has 0 spiro atoms. The molecule has 1 unspecified atom stereocenters. The summed E-state index contributed by atoms with van der Waals surface area (Å²) in [7, 11) is -0.233. The van der Waals surface area contributed by atoms with Crippen LogP contribution < -0.4 is 0 Å². The number of hydrogen-bond donors (Lipinski definition) is 0. The Kier molecular flexibility index (Phi) is 5.20. The van der Waals surface area contributed by atoms with Gasteiger partial charge < -0.3 is 9.16 Å². The molecule has 0 aromatic rings. The number of carbonyl (C=O) groups excluding carboxylic acids is 1. The van der Waals surface area contributed by atoms with Crippen molar-refractivity contribution in [2.24, 2.45) is 11.3 Å². The normalized spacial score (nSPS) is 15.1. The van der Waals surface area contributed by atoms with E-state index in [1.807, 2.05) is 13.8 Å². The third-order valence-corrected chi connectivity index (χ3v) is 3.47. The highest BCUT2D eigenvalue weighted by Crippen LogP contribution is 2.32. The van der Waals surface area contributed by atoms with E-state index in [0.717, 1.165) is 0 Å². The first-order valence-corrected chi connectivity index (χ1v) is 9.19. The number of hydrogen-bond acceptors (Lipinski definition) is 3. The number of ether oxygens (including phenoxy) is 1. The van der Waals surface area contributed by atoms with Crippen molar-refractivity contribution in [3.8, 4) is 0 Å². The van der Waals surface area contributed by atoms with Crippen LogP contribution in [0.4, 0.5) is 0 Å². The number of carbonyl (C=O) groups is 1. The summed E-state index contributed by atoms with van der Waals surface area (Å²) in [5.41, 5.74) is -0.594. The van der Waals surface area contributed by atoms with E-state index in [0.29, 0.717) is 5.92 Å². The molecular formula is C12H26O3Si. The van der Waals surface area contributed by atoms with Gasteiger partial charge in [0, 0.05) is 0 Å². The molecule has 0 fully saturated rings. The van der Waals surface area contributed by atoms with Gasteiger partial charge in [-0.1, -0.05) is 13.8 Å². The van der Waals surface area contributed by atoms with E-state index in [-0.39, 0.29) is 12.1 Å². The van der Waals surface area contributed by atoms with E-state index in [1.165, 1.54) is 7.11 Å². The average Bonchev–Trinajstić information content (AvgIpc) is 2.10. The molecule has 0 aliphatic heterocycles. The van der Waals surface area contributed by atoms with Crippen LogP contribution >= 0.6 is 0 Å². The van der Waals surface area contributed by atoms with Crippen LogP contribution in [-0.2, 0) is 14.0 Å². The van der Waals surface area contributed by atoms with Gasteiger partial charge in [0.05, 0.1) is 18.6 Å². The van der Waals surface area contributed by atoms with Crippen LogP contribution in [0.1, 0.15) is 27.7 Å². The molecule has 0 aromatic heterocycles. The van der Waals surface area contributed by atoms with Crippen LogP contribution in [0.15, 0.2) is 0 Å². The first kappa shape index (κ1) is 15.6. The van der Waals surface area contributed by atoms with Crippen molar-refractivity contribution < 1.29 is 14.0 Å². The number of rotatable bonds is 5. The van der Waals surface area contributed by atoms with Gasteiger partial charge in [0.2, 0.25) is 0 Å². The molecule has 1 atom stereocenters. The molecule has 96 valence electrons. The molecule has 0 aromatic carbocycles. The molecule has 0 N–H and O–H groups in total. The molecule has 0 bridgehead atoms. The van der Waals surface area contributed by atoms with Crippen LogP contribution in [0.5, 0.6) is 0 Å². The number of esters is 1. The van der Waals surface area contributed by atoms with E-state index >= 15 is 0 Å². The summed E-state index contributed by atoms with van der Waals surface area (Å²) < 4.78 is 11.0. The fraction of sp³-hybridized carbons (Fsp3) is 0.917. The van der Waals surface area contributed by atoms with E-state index in [9.17, 15) is 4.79 Å². The first-order valence-electron chi connectivity index (χ1n) is 5.78. The monoisotopic (exact) mass is 246 g/mol. The van der Waals surface area contributed by atoms with Gasteiger partial charge in [0.1, 0.15) is 0 Å². The Bertz CT molecular complexity index is 241. The zero-order valence-electron chi connectivity index (χ0n) is 11.9. The molecule has 3 nitrogen and oxygen atoms in total. The van der Waals surface area contributed by atoms with Gasteiger partial charge in [-0.2, -0.15) is 0 Å². The van der Waals surface area contributed by atoms with Crippen LogP contribution in [0.3, 0.4) is 0 Å². The summed E-state index contributed by atoms with van der Waals surface area (Å²) in [6.45, 7) is 14.3. The molecule has 0 radical (unpaired) electrons. The first-order chi connectivity index (χ1) is 7.02. The molecule has 0 aliphatic carbocycles. The van der Waals surface area contributed by atoms with Gasteiger partial charge in [-0.25, -0.2) is 0 Å². The van der Waals surface area contributed by atoms with Crippen molar-refractivity contribution in [2.45, 2.75) is 53.4 Å². The molecule has 0 saturated heterocycles. The standard InChI is InChI=1S/C12H26O3Si/c1-9(2)10(15-16(6,7)8)12(3,4)11(13)14-5/h9-10H,1-8H3. The van der Waals surface area contributed by atoms with Crippen molar-refractivity contribution in [2.75, 3.05) is 7.11 Å². The van der Waals surface area contributed by atoms with Crippen LogP contribution in [-0.4, -0.2) is 27.5 Å². The Morgan fingerprint density at radius 3 is 1.88 bits per heavy atom. The highest BCUT2D eigenvalue weighted by Gasteiger charge is 2.42. The maximum absolute atomic E-state index is 11.8. The minimum Gasteiger partial charge on any atom is -0.469 e. The second-order valence-electron chi connectivity index (χ2n) is 6.11. The van der Waals surface area contributed by atoms with Crippen molar-refractivity contribution >= 4 is 14.3 Å². The third-order valence-electron chi connectivity index (χ3n) is 2.51. The quantitative estimate of drug-likeness (QED) is 0.552. The molecule has 0 heterocycles. The molecule has 0 rings (SSSR count). The summed E-state index contributed by atoms with van der Waals surface area (Å²) in [5, 5.41) is 0. The Labute approximate surface area is 101 Å². The fourth-order valence-electron chi connectivity index (χ4n) is 1.88. The van der Waals surface area contributed by atoms with Crippen LogP contribution in [0.25, 0.3) is 0 Å². The lowest BCUT2D eigenvalue weighted by atomic mass is 9.81. The zero-order chi connectivity index (χ0) is 13.1. The smallest absolute Gasteiger partial charge is 0.313 e. The van der Waals surface area contributed by atoms with E-state index < -0.39 is 13.7 Å². The van der Waals surface area contributed by atoms with Gasteiger partial charge in [0.15, 0.2) is 8.32 Å². The Balaban J connectivity index is 4.98. The Morgan fingerprint density at radius 1 is 1.19 bits per heavy atom. The minimum absolute atomic E-state index is 0.0911. The second kappa shape index (κ2) is 5.32. The molecule has 0 aliphatic rings. The Morgan fingerprint density at radius 2 is 1.62 bits per heavy atom. The van der Waals surface area contributed by atoms with E-state index in [1.54, 1.807) is 0 Å². The lowest BCUT2D eigenvalue weighted by Crippen LogP contribution is -2.47. The maximum Gasteiger partial charge on any atom is 0.313 e. The predicted octanol–water partition coefficient (Wildman–Crippen LogP) is 3.06. The maximum atomic E-state index is 11.8. The fourth-order valence-corrected chi connectivity index (χ4v) is 3.21. The van der Waals surface area contributed by atoms with E-state index in [4.69, 9.17) is 9.16 Å². The van der Waals surface area contributed by atoms with Crippen LogP contribution in [0, 0.1) is 11.3 Å². The highest BCUT2D eigenvalue weighted by atomic mass is 28.4. The molecule has 16 heavy (non-hydrogen) atoms. The molecule has 0 saturated carbocycles. The molecule has 4 heteroatoms. The van der Waals surface area contributed by atoms with Crippen LogP contribution in [0.2, 0.25) is 19.6 Å². The van der Waals surface area contributed by atoms with Crippen molar-refractivity contribution in [1.82, 2.24) is 0 Å². The summed E-state index contributed by atoms with van der Waals surface area (Å²) in [5.74, 6) is 0.0882. The van der Waals surface area contributed by atoms with Crippen molar-refractivity contribution in [1.29, 1.82) is 0 Å². The number of methoxy groups -OCH3 is 1. The largest absolute Gasteiger partial charge is 0.469 e. The Hall–Kier alpha value is -0.353. The topological polar surface area (TPSA) is 35.5 Å². The molecule has 0 amide bonds. The lowest BCUT2D eigenvalue weighted by Gasteiger charge is -2.38. The average molecular weight is 246 g/mol. The zero-order valence-corrected chi connectivity index (χ0v) is 12.9. The van der Waals surface area contributed by atoms with E-state index in [2.05, 4.69) is 33.5 Å². The SMILES string of the molecule is COC(=O)C(C)(C)C(O[Si](C)(C)C)C(C)C. The summed E-state index contributed by atoms with van der Waals surface area (Å²) >= 11 is 0. The summed E-state index contributed by atoms with van der Waals surface area (Å²) in [6.07, 6.45) is -0.0911. The van der Waals surface area contributed by atoms with Gasteiger partial charge in [-0.05, 0) is 39.4 Å². The summed E-state index contributed by atoms with van der Waals surface area (Å²) in [4.78, 5) is 11.8. The second-order valence-corrected chi connectivity index (χ2v) is 10.6. The van der Waals surface area contributed by atoms with Gasteiger partial charge in [-0.3, -0.25) is 4.79 Å². The molecular weight excluding hydrogens is 220 g/mol. The van der Waals surface area contributed by atoms with Gasteiger partial charge >= 0.3 is 5.97 Å². The van der Waals surface area contributed by atoms with Gasteiger partial charge in [-0.15, -0.1) is 0 Å². The van der Waals surface area contributed by atoms with Gasteiger partial charge in [0.25, 0.3) is 0 Å². The summed E-state index contributed by atoms with van der Waals surface area (Å²) in [6, 6.07) is 0. The predicted molar refractivity (Wildman–Crippen MR) is 68.9 cm³/mol.